The zero-order valence-corrected chi connectivity index (χ0v) is 17.0. The summed E-state index contributed by atoms with van der Waals surface area (Å²) in [6, 6.07) is 10.9. The number of carbonyl (C=O) groups is 1. The van der Waals surface area contributed by atoms with E-state index in [4.69, 9.17) is 0 Å². The van der Waals surface area contributed by atoms with Gasteiger partial charge in [0.2, 0.25) is 5.91 Å². The standard InChI is InChI=1S/C22H28N4OS/c1-2-13-26-21(19-14-18(19)16-9-5-3-6-10-16)24-25-22(26)28-15-20(27)23-17-11-7-4-8-12-17/h2-3,5-6,9-10,17-19H,1,4,7-8,11-15H2,(H,23,27). The molecule has 5 nitrogen and oxygen atoms in total. The molecule has 2 atom stereocenters. The molecule has 1 N–H and O–H groups in total. The molecule has 2 aliphatic carbocycles. The van der Waals surface area contributed by atoms with Crippen LogP contribution in [0.5, 0.6) is 0 Å². The maximum atomic E-state index is 12.3. The number of aromatic nitrogens is 3. The number of allylic oxidation sites excluding steroid dienone is 1. The van der Waals surface area contributed by atoms with Crippen molar-refractivity contribution >= 4 is 17.7 Å². The minimum absolute atomic E-state index is 0.0974. The lowest BCUT2D eigenvalue weighted by molar-refractivity contribution is -0.119. The molecule has 1 aromatic carbocycles. The maximum Gasteiger partial charge on any atom is 0.230 e. The van der Waals surface area contributed by atoms with Crippen molar-refractivity contribution < 1.29 is 4.79 Å². The molecule has 0 aliphatic heterocycles. The Morgan fingerprint density at radius 3 is 2.71 bits per heavy atom. The Morgan fingerprint density at radius 1 is 1.18 bits per heavy atom. The van der Waals surface area contributed by atoms with Crippen LogP contribution in [0.2, 0.25) is 0 Å². The molecule has 0 bridgehead atoms. The Kier molecular flexibility index (Phi) is 6.15. The van der Waals surface area contributed by atoms with Gasteiger partial charge in [-0.3, -0.25) is 4.79 Å². The molecule has 0 spiro atoms. The van der Waals surface area contributed by atoms with Crippen molar-refractivity contribution in [2.24, 2.45) is 0 Å². The molecule has 28 heavy (non-hydrogen) atoms. The number of amides is 1. The zero-order valence-electron chi connectivity index (χ0n) is 16.2. The first-order valence-electron chi connectivity index (χ1n) is 10.3. The van der Waals surface area contributed by atoms with Gasteiger partial charge in [-0.25, -0.2) is 0 Å². The number of nitrogens with zero attached hydrogens (tertiary/aromatic N) is 3. The summed E-state index contributed by atoms with van der Waals surface area (Å²) in [7, 11) is 0. The Balaban J connectivity index is 1.38. The van der Waals surface area contributed by atoms with Crippen LogP contribution >= 0.6 is 11.8 Å². The van der Waals surface area contributed by atoms with Gasteiger partial charge in [-0.05, 0) is 30.7 Å². The average Bonchev–Trinajstić information content (AvgIpc) is 3.43. The van der Waals surface area contributed by atoms with Gasteiger partial charge in [-0.2, -0.15) is 0 Å². The smallest absolute Gasteiger partial charge is 0.230 e. The van der Waals surface area contributed by atoms with E-state index < -0.39 is 0 Å². The fourth-order valence-corrected chi connectivity index (χ4v) is 4.94. The molecular weight excluding hydrogens is 368 g/mol. The van der Waals surface area contributed by atoms with Gasteiger partial charge in [-0.15, -0.1) is 16.8 Å². The maximum absolute atomic E-state index is 12.3. The molecule has 2 saturated carbocycles. The minimum Gasteiger partial charge on any atom is -0.353 e. The van der Waals surface area contributed by atoms with E-state index in [9.17, 15) is 4.79 Å². The second-order valence-corrected chi connectivity index (χ2v) is 8.73. The summed E-state index contributed by atoms with van der Waals surface area (Å²) in [4.78, 5) is 12.3. The van der Waals surface area contributed by atoms with Crippen molar-refractivity contribution in [2.75, 3.05) is 5.75 Å². The van der Waals surface area contributed by atoms with E-state index in [1.54, 1.807) is 0 Å². The molecule has 2 aromatic rings. The highest BCUT2D eigenvalue weighted by Gasteiger charge is 2.43. The Morgan fingerprint density at radius 2 is 1.96 bits per heavy atom. The van der Waals surface area contributed by atoms with Crippen LogP contribution in [-0.4, -0.2) is 32.5 Å². The number of thioether (sulfide) groups is 1. The average molecular weight is 397 g/mol. The summed E-state index contributed by atoms with van der Waals surface area (Å²) < 4.78 is 2.12. The van der Waals surface area contributed by atoms with Crippen LogP contribution in [0.15, 0.2) is 48.1 Å². The molecule has 2 aliphatic rings. The highest BCUT2D eigenvalue weighted by atomic mass is 32.2. The molecule has 1 heterocycles. The predicted octanol–water partition coefficient (Wildman–Crippen LogP) is 4.28. The Labute approximate surface area is 171 Å². The van der Waals surface area contributed by atoms with Crippen molar-refractivity contribution in [3.63, 3.8) is 0 Å². The van der Waals surface area contributed by atoms with Crippen molar-refractivity contribution in [1.29, 1.82) is 0 Å². The van der Waals surface area contributed by atoms with Crippen molar-refractivity contribution in [2.45, 2.75) is 68.1 Å². The van der Waals surface area contributed by atoms with Crippen LogP contribution in [0.3, 0.4) is 0 Å². The van der Waals surface area contributed by atoms with Gasteiger partial charge < -0.3 is 9.88 Å². The number of carbonyl (C=O) groups excluding carboxylic acids is 1. The summed E-state index contributed by atoms with van der Waals surface area (Å²) in [5.74, 6) is 2.42. The Hall–Kier alpha value is -2.08. The molecule has 2 unspecified atom stereocenters. The molecule has 0 radical (unpaired) electrons. The third kappa shape index (κ3) is 4.49. The van der Waals surface area contributed by atoms with E-state index in [2.05, 4.69) is 50.9 Å². The topological polar surface area (TPSA) is 59.8 Å². The van der Waals surface area contributed by atoms with E-state index >= 15 is 0 Å². The molecule has 2 fully saturated rings. The normalized spacial score (nSPS) is 22.0. The first kappa shape index (κ1) is 19.2. The van der Waals surface area contributed by atoms with E-state index in [0.717, 1.165) is 30.2 Å². The molecule has 0 saturated heterocycles. The van der Waals surface area contributed by atoms with Crippen LogP contribution in [0.25, 0.3) is 0 Å². The quantitative estimate of drug-likeness (QED) is 0.534. The van der Waals surface area contributed by atoms with Gasteiger partial charge >= 0.3 is 0 Å². The van der Waals surface area contributed by atoms with Crippen LogP contribution in [0.1, 0.15) is 61.7 Å². The van der Waals surface area contributed by atoms with Crippen molar-refractivity contribution in [3.8, 4) is 0 Å². The van der Waals surface area contributed by atoms with Gasteiger partial charge in [0.1, 0.15) is 5.82 Å². The van der Waals surface area contributed by atoms with E-state index in [-0.39, 0.29) is 5.91 Å². The SMILES string of the molecule is C=CCn1c(SCC(=O)NC2CCCCC2)nnc1C1CC1c1ccccc1. The van der Waals surface area contributed by atoms with Crippen LogP contribution in [-0.2, 0) is 11.3 Å². The molecule has 4 rings (SSSR count). The van der Waals surface area contributed by atoms with Crippen LogP contribution in [0, 0.1) is 0 Å². The molecule has 1 aromatic heterocycles. The van der Waals surface area contributed by atoms with E-state index in [1.807, 2.05) is 12.1 Å². The Bertz CT molecular complexity index is 813. The third-order valence-electron chi connectivity index (χ3n) is 5.71. The third-order valence-corrected chi connectivity index (χ3v) is 6.68. The number of hydrogen-bond acceptors (Lipinski definition) is 4. The molecule has 1 amide bonds. The van der Waals surface area contributed by atoms with Gasteiger partial charge in [0.15, 0.2) is 5.16 Å². The highest BCUT2D eigenvalue weighted by Crippen LogP contribution is 2.54. The fraction of sp³-hybridized carbons (Fsp3) is 0.500. The second-order valence-electron chi connectivity index (χ2n) is 7.79. The number of nitrogens with one attached hydrogen (secondary N) is 1. The van der Waals surface area contributed by atoms with Gasteiger partial charge in [0, 0.05) is 18.5 Å². The van der Waals surface area contributed by atoms with Gasteiger partial charge in [0.25, 0.3) is 0 Å². The molecule has 148 valence electrons. The predicted molar refractivity (Wildman–Crippen MR) is 112 cm³/mol. The lowest BCUT2D eigenvalue weighted by Crippen LogP contribution is -2.37. The minimum atomic E-state index is 0.0974. The number of rotatable bonds is 8. The monoisotopic (exact) mass is 396 g/mol. The summed E-state index contributed by atoms with van der Waals surface area (Å²) >= 11 is 1.48. The van der Waals surface area contributed by atoms with Crippen molar-refractivity contribution in [3.05, 3.63) is 54.4 Å². The zero-order chi connectivity index (χ0) is 19.3. The number of benzene rings is 1. The van der Waals surface area contributed by atoms with Crippen molar-refractivity contribution in [1.82, 2.24) is 20.1 Å². The van der Waals surface area contributed by atoms with Crippen LogP contribution in [0.4, 0.5) is 0 Å². The largest absolute Gasteiger partial charge is 0.353 e. The summed E-state index contributed by atoms with van der Waals surface area (Å²) in [6.45, 7) is 4.56. The first-order chi connectivity index (χ1) is 13.8. The lowest BCUT2D eigenvalue weighted by atomic mass is 9.95. The van der Waals surface area contributed by atoms with Gasteiger partial charge in [-0.1, -0.05) is 67.4 Å². The van der Waals surface area contributed by atoms with Crippen LogP contribution < -0.4 is 5.32 Å². The molecular formula is C22H28N4OS. The second kappa shape index (κ2) is 8.95. The fourth-order valence-electron chi connectivity index (χ4n) is 4.18. The summed E-state index contributed by atoms with van der Waals surface area (Å²) in [6.07, 6.45) is 8.93. The highest BCUT2D eigenvalue weighted by molar-refractivity contribution is 7.99. The van der Waals surface area contributed by atoms with E-state index in [1.165, 1.54) is 36.6 Å². The summed E-state index contributed by atoms with van der Waals surface area (Å²) in [5, 5.41) is 12.9. The first-order valence-corrected chi connectivity index (χ1v) is 11.3. The summed E-state index contributed by atoms with van der Waals surface area (Å²) in [5.41, 5.74) is 1.36. The van der Waals surface area contributed by atoms with E-state index in [0.29, 0.717) is 30.2 Å². The molecule has 6 heteroatoms. The lowest BCUT2D eigenvalue weighted by Gasteiger charge is -2.22. The number of hydrogen-bond donors (Lipinski definition) is 1. The van der Waals surface area contributed by atoms with Gasteiger partial charge in [0.05, 0.1) is 5.75 Å².